The summed E-state index contributed by atoms with van der Waals surface area (Å²) in [4.78, 5) is 35.8. The maximum atomic E-state index is 12.1. The number of primary amides is 1. The fourth-order valence-corrected chi connectivity index (χ4v) is 2.26. The largest absolute Gasteiger partial charge is 0.481 e. The van der Waals surface area contributed by atoms with Gasteiger partial charge in [-0.2, -0.15) is 0 Å². The Balaban J connectivity index is 2.04. The van der Waals surface area contributed by atoms with E-state index in [-0.39, 0.29) is 12.6 Å². The third-order valence-corrected chi connectivity index (χ3v) is 3.68. The number of amides is 3. The van der Waals surface area contributed by atoms with Crippen molar-refractivity contribution in [2.24, 2.45) is 11.1 Å². The highest BCUT2D eigenvalue weighted by atomic mass is 16.4. The summed E-state index contributed by atoms with van der Waals surface area (Å²) in [5.74, 6) is -1.49. The van der Waals surface area contributed by atoms with E-state index in [0.29, 0.717) is 24.2 Å². The number of likely N-dealkylation sites (tertiary alicyclic amines) is 1. The van der Waals surface area contributed by atoms with E-state index in [2.05, 4.69) is 5.32 Å². The molecule has 3 amide bonds. The third kappa shape index (κ3) is 3.13. The van der Waals surface area contributed by atoms with Crippen molar-refractivity contribution >= 4 is 23.6 Å². The molecule has 1 saturated heterocycles. The summed E-state index contributed by atoms with van der Waals surface area (Å²) in [5.41, 5.74) is 5.01. The number of carboxylic acids is 1. The van der Waals surface area contributed by atoms with Crippen molar-refractivity contribution in [3.05, 3.63) is 29.8 Å². The molecule has 1 heterocycles. The first-order chi connectivity index (χ1) is 9.82. The molecule has 1 aliphatic rings. The lowest BCUT2D eigenvalue weighted by Crippen LogP contribution is -2.37. The van der Waals surface area contributed by atoms with E-state index in [1.807, 2.05) is 0 Å². The Hall–Kier alpha value is -2.57. The van der Waals surface area contributed by atoms with Crippen LogP contribution in [0.3, 0.4) is 0 Å². The Morgan fingerprint density at radius 3 is 2.67 bits per heavy atom. The van der Waals surface area contributed by atoms with Crippen molar-refractivity contribution in [2.45, 2.75) is 13.3 Å². The second kappa shape index (κ2) is 5.43. The molecule has 0 aromatic heterocycles. The predicted molar refractivity (Wildman–Crippen MR) is 75.9 cm³/mol. The molecule has 21 heavy (non-hydrogen) atoms. The van der Waals surface area contributed by atoms with Crippen LogP contribution in [0.25, 0.3) is 0 Å². The van der Waals surface area contributed by atoms with Crippen molar-refractivity contribution in [1.29, 1.82) is 0 Å². The molecule has 7 nitrogen and oxygen atoms in total. The highest BCUT2D eigenvalue weighted by Gasteiger charge is 2.42. The number of nitrogens with two attached hydrogens (primary N) is 1. The van der Waals surface area contributed by atoms with Crippen LogP contribution in [0.1, 0.15) is 23.7 Å². The summed E-state index contributed by atoms with van der Waals surface area (Å²) >= 11 is 0. The van der Waals surface area contributed by atoms with E-state index in [1.54, 1.807) is 25.1 Å². The Bertz CT molecular complexity index is 602. The van der Waals surface area contributed by atoms with Crippen molar-refractivity contribution in [3.63, 3.8) is 0 Å². The van der Waals surface area contributed by atoms with Gasteiger partial charge < -0.3 is 21.1 Å². The molecule has 0 spiro atoms. The molecule has 2 rings (SSSR count). The highest BCUT2D eigenvalue weighted by Crippen LogP contribution is 2.30. The van der Waals surface area contributed by atoms with Crippen LogP contribution in [0, 0.1) is 5.41 Å². The Kier molecular flexibility index (Phi) is 3.84. The molecule has 0 radical (unpaired) electrons. The number of rotatable bonds is 3. The number of hydrogen-bond acceptors (Lipinski definition) is 3. The van der Waals surface area contributed by atoms with E-state index >= 15 is 0 Å². The van der Waals surface area contributed by atoms with Crippen molar-refractivity contribution in [3.8, 4) is 0 Å². The van der Waals surface area contributed by atoms with Crippen LogP contribution >= 0.6 is 0 Å². The normalized spacial score (nSPS) is 21.1. The van der Waals surface area contributed by atoms with Gasteiger partial charge in [0, 0.05) is 24.3 Å². The minimum Gasteiger partial charge on any atom is -0.481 e. The van der Waals surface area contributed by atoms with Crippen molar-refractivity contribution < 1.29 is 19.5 Å². The van der Waals surface area contributed by atoms with Crippen molar-refractivity contribution in [2.75, 3.05) is 18.4 Å². The Morgan fingerprint density at radius 2 is 2.10 bits per heavy atom. The smallest absolute Gasteiger partial charge is 0.321 e. The molecular formula is C14H17N3O4. The first-order valence-corrected chi connectivity index (χ1v) is 6.51. The number of benzene rings is 1. The minimum absolute atomic E-state index is 0.156. The van der Waals surface area contributed by atoms with Gasteiger partial charge in [0.2, 0.25) is 5.91 Å². The summed E-state index contributed by atoms with van der Waals surface area (Å²) in [5, 5.41) is 11.8. The average Bonchev–Trinajstić information content (AvgIpc) is 2.83. The molecule has 1 fully saturated rings. The van der Waals surface area contributed by atoms with Gasteiger partial charge in [0.05, 0.1) is 5.41 Å². The van der Waals surface area contributed by atoms with Crippen molar-refractivity contribution in [1.82, 2.24) is 4.90 Å². The van der Waals surface area contributed by atoms with E-state index in [4.69, 9.17) is 10.8 Å². The molecule has 1 aromatic carbocycles. The molecule has 112 valence electrons. The van der Waals surface area contributed by atoms with Gasteiger partial charge in [-0.05, 0) is 31.5 Å². The molecule has 1 aliphatic heterocycles. The van der Waals surface area contributed by atoms with E-state index in [1.165, 1.54) is 11.0 Å². The number of carboxylic acid groups (broad SMARTS) is 1. The van der Waals surface area contributed by atoms with Crippen LogP contribution < -0.4 is 11.1 Å². The topological polar surface area (TPSA) is 113 Å². The number of aliphatic carboxylic acids is 1. The monoisotopic (exact) mass is 291 g/mol. The lowest BCUT2D eigenvalue weighted by atomic mass is 9.90. The molecule has 7 heteroatoms. The number of urea groups is 1. The van der Waals surface area contributed by atoms with Crippen LogP contribution in [0.15, 0.2) is 24.3 Å². The maximum Gasteiger partial charge on any atom is 0.321 e. The fraction of sp³-hybridized carbons (Fsp3) is 0.357. The van der Waals surface area contributed by atoms with Gasteiger partial charge in [-0.25, -0.2) is 4.79 Å². The Labute approximate surface area is 121 Å². The van der Waals surface area contributed by atoms with Gasteiger partial charge >= 0.3 is 12.0 Å². The molecule has 0 saturated carbocycles. The molecule has 0 bridgehead atoms. The van der Waals surface area contributed by atoms with E-state index < -0.39 is 17.3 Å². The summed E-state index contributed by atoms with van der Waals surface area (Å²) in [6.07, 6.45) is 0.414. The number of hydrogen-bond donors (Lipinski definition) is 3. The molecular weight excluding hydrogens is 274 g/mol. The minimum atomic E-state index is -0.910. The number of nitrogens with one attached hydrogen (secondary N) is 1. The Morgan fingerprint density at radius 1 is 1.38 bits per heavy atom. The van der Waals surface area contributed by atoms with E-state index in [9.17, 15) is 14.4 Å². The lowest BCUT2D eigenvalue weighted by molar-refractivity contribution is -0.146. The van der Waals surface area contributed by atoms with Gasteiger partial charge in [0.25, 0.3) is 0 Å². The first kappa shape index (κ1) is 14.8. The molecule has 1 unspecified atom stereocenters. The van der Waals surface area contributed by atoms with Gasteiger partial charge in [-0.1, -0.05) is 6.07 Å². The molecule has 4 N–H and O–H groups in total. The summed E-state index contributed by atoms with van der Waals surface area (Å²) in [7, 11) is 0. The predicted octanol–water partition coefficient (Wildman–Crippen LogP) is 1.11. The van der Waals surface area contributed by atoms with Gasteiger partial charge in [0.15, 0.2) is 0 Å². The zero-order valence-electron chi connectivity index (χ0n) is 11.6. The standard InChI is InChI=1S/C14H17N3O4/c1-14(12(19)20)5-6-17(8-14)13(21)16-10-4-2-3-9(7-10)11(15)18/h2-4,7H,5-6,8H2,1H3,(H2,15,18)(H,16,21)(H,19,20). The number of carbonyl (C=O) groups is 3. The van der Waals surface area contributed by atoms with Crippen LogP contribution in [0.5, 0.6) is 0 Å². The zero-order valence-corrected chi connectivity index (χ0v) is 11.6. The first-order valence-electron chi connectivity index (χ1n) is 6.51. The SMILES string of the molecule is CC1(C(=O)O)CCN(C(=O)Nc2cccc(C(N)=O)c2)C1. The van der Waals surface area contributed by atoms with Crippen LogP contribution in [0.2, 0.25) is 0 Å². The summed E-state index contributed by atoms with van der Waals surface area (Å²) in [6.45, 7) is 2.16. The lowest BCUT2D eigenvalue weighted by Gasteiger charge is -2.20. The van der Waals surface area contributed by atoms with Gasteiger partial charge in [-0.15, -0.1) is 0 Å². The van der Waals surface area contributed by atoms with Crippen LogP contribution in [0.4, 0.5) is 10.5 Å². The van der Waals surface area contributed by atoms with Gasteiger partial charge in [0.1, 0.15) is 0 Å². The second-order valence-electron chi connectivity index (χ2n) is 5.41. The average molecular weight is 291 g/mol. The zero-order chi connectivity index (χ0) is 15.6. The molecule has 0 aliphatic carbocycles. The maximum absolute atomic E-state index is 12.1. The van der Waals surface area contributed by atoms with Crippen LogP contribution in [-0.2, 0) is 4.79 Å². The molecule has 1 aromatic rings. The number of nitrogens with zero attached hydrogens (tertiary/aromatic N) is 1. The number of anilines is 1. The van der Waals surface area contributed by atoms with Crippen LogP contribution in [-0.4, -0.2) is 41.0 Å². The number of carbonyl (C=O) groups excluding carboxylic acids is 2. The van der Waals surface area contributed by atoms with E-state index in [0.717, 1.165) is 0 Å². The molecule has 1 atom stereocenters. The fourth-order valence-electron chi connectivity index (χ4n) is 2.26. The summed E-state index contributed by atoms with van der Waals surface area (Å²) < 4.78 is 0. The summed E-state index contributed by atoms with van der Waals surface area (Å²) in [6, 6.07) is 5.89. The highest BCUT2D eigenvalue weighted by molar-refractivity contribution is 5.96. The van der Waals surface area contributed by atoms with Gasteiger partial charge in [-0.3, -0.25) is 9.59 Å². The second-order valence-corrected chi connectivity index (χ2v) is 5.41. The quantitative estimate of drug-likeness (QED) is 0.774. The third-order valence-electron chi connectivity index (χ3n) is 3.68.